The summed E-state index contributed by atoms with van der Waals surface area (Å²) in [6, 6.07) is 10.1. The lowest BCUT2D eigenvalue weighted by atomic mass is 9.99. The minimum atomic E-state index is 0.242. The van der Waals surface area contributed by atoms with Crippen molar-refractivity contribution in [3.05, 3.63) is 29.8 Å². The molecule has 0 aromatic heterocycles. The van der Waals surface area contributed by atoms with E-state index in [2.05, 4.69) is 41.0 Å². The Morgan fingerprint density at radius 1 is 1.15 bits per heavy atom. The van der Waals surface area contributed by atoms with E-state index in [1.54, 1.807) is 0 Å². The molecule has 2 saturated heterocycles. The third kappa shape index (κ3) is 3.15. The second-order valence-electron chi connectivity index (χ2n) is 6.48. The lowest BCUT2D eigenvalue weighted by molar-refractivity contribution is 0.133. The predicted molar refractivity (Wildman–Crippen MR) is 85.2 cm³/mol. The second kappa shape index (κ2) is 6.15. The van der Waals surface area contributed by atoms with Crippen molar-refractivity contribution in [2.75, 3.05) is 31.1 Å². The highest BCUT2D eigenvalue weighted by molar-refractivity contribution is 5.48. The van der Waals surface area contributed by atoms with Gasteiger partial charge in [-0.3, -0.25) is 4.90 Å². The topological polar surface area (TPSA) is 32.5 Å². The quantitative estimate of drug-likeness (QED) is 0.917. The summed E-state index contributed by atoms with van der Waals surface area (Å²) in [5.74, 6) is 0. The van der Waals surface area contributed by atoms with Gasteiger partial charge in [-0.15, -0.1) is 0 Å². The monoisotopic (exact) mass is 273 g/mol. The van der Waals surface area contributed by atoms with Crippen molar-refractivity contribution in [2.45, 2.75) is 44.7 Å². The summed E-state index contributed by atoms with van der Waals surface area (Å²) in [5, 5.41) is 0. The molecule has 2 aliphatic rings. The van der Waals surface area contributed by atoms with Crippen molar-refractivity contribution in [3.8, 4) is 0 Å². The Balaban J connectivity index is 1.64. The second-order valence-corrected chi connectivity index (χ2v) is 6.48. The lowest BCUT2D eigenvalue weighted by Crippen LogP contribution is -2.54. The van der Waals surface area contributed by atoms with Crippen LogP contribution in [0.15, 0.2) is 24.3 Å². The minimum absolute atomic E-state index is 0.242. The SMILES string of the molecule is CC(N)Cc1ccc(N2CCN3CCCCC3C2)cc1. The first-order valence-corrected chi connectivity index (χ1v) is 8.06. The summed E-state index contributed by atoms with van der Waals surface area (Å²) in [6.45, 7) is 6.98. The number of nitrogens with two attached hydrogens (primary N) is 1. The predicted octanol–water partition coefficient (Wildman–Crippen LogP) is 2.25. The largest absolute Gasteiger partial charge is 0.369 e. The van der Waals surface area contributed by atoms with Gasteiger partial charge < -0.3 is 10.6 Å². The lowest BCUT2D eigenvalue weighted by Gasteiger charge is -2.45. The molecular formula is C17H27N3. The van der Waals surface area contributed by atoms with E-state index in [0.717, 1.165) is 12.5 Å². The number of rotatable bonds is 3. The van der Waals surface area contributed by atoms with Gasteiger partial charge in [0.25, 0.3) is 0 Å². The molecular weight excluding hydrogens is 246 g/mol. The van der Waals surface area contributed by atoms with Gasteiger partial charge in [0.15, 0.2) is 0 Å². The first-order valence-electron chi connectivity index (χ1n) is 8.06. The molecule has 3 nitrogen and oxygen atoms in total. The summed E-state index contributed by atoms with van der Waals surface area (Å²) < 4.78 is 0. The fourth-order valence-electron chi connectivity index (χ4n) is 3.61. The Bertz CT molecular complexity index is 426. The van der Waals surface area contributed by atoms with Crippen molar-refractivity contribution >= 4 is 5.69 Å². The highest BCUT2D eigenvalue weighted by atomic mass is 15.3. The summed E-state index contributed by atoms with van der Waals surface area (Å²) in [5.41, 5.74) is 8.59. The van der Waals surface area contributed by atoms with E-state index in [0.29, 0.717) is 0 Å². The van der Waals surface area contributed by atoms with Crippen LogP contribution in [0.2, 0.25) is 0 Å². The maximum absolute atomic E-state index is 5.86. The first kappa shape index (κ1) is 13.9. The van der Waals surface area contributed by atoms with E-state index in [4.69, 9.17) is 5.73 Å². The first-order chi connectivity index (χ1) is 9.72. The van der Waals surface area contributed by atoms with Crippen LogP contribution in [0.5, 0.6) is 0 Å². The van der Waals surface area contributed by atoms with Crippen LogP contribution in [0.4, 0.5) is 5.69 Å². The molecule has 1 aromatic rings. The maximum Gasteiger partial charge on any atom is 0.0367 e. The van der Waals surface area contributed by atoms with Crippen molar-refractivity contribution in [3.63, 3.8) is 0 Å². The zero-order chi connectivity index (χ0) is 13.9. The highest BCUT2D eigenvalue weighted by Gasteiger charge is 2.28. The number of hydrogen-bond acceptors (Lipinski definition) is 3. The van der Waals surface area contributed by atoms with Crippen LogP contribution in [0, 0.1) is 0 Å². The van der Waals surface area contributed by atoms with E-state index >= 15 is 0 Å². The Morgan fingerprint density at radius 3 is 2.70 bits per heavy atom. The van der Waals surface area contributed by atoms with E-state index in [9.17, 15) is 0 Å². The van der Waals surface area contributed by atoms with Crippen LogP contribution in [-0.4, -0.2) is 43.2 Å². The average molecular weight is 273 g/mol. The van der Waals surface area contributed by atoms with Crippen molar-refractivity contribution in [1.82, 2.24) is 4.90 Å². The van der Waals surface area contributed by atoms with Crippen LogP contribution in [-0.2, 0) is 6.42 Å². The van der Waals surface area contributed by atoms with Gasteiger partial charge in [0, 0.05) is 37.4 Å². The number of piperidine rings is 1. The molecule has 0 bridgehead atoms. The Morgan fingerprint density at radius 2 is 1.95 bits per heavy atom. The van der Waals surface area contributed by atoms with Crippen LogP contribution in [0.1, 0.15) is 31.7 Å². The van der Waals surface area contributed by atoms with Gasteiger partial charge in [-0.2, -0.15) is 0 Å². The van der Waals surface area contributed by atoms with Gasteiger partial charge in [-0.25, -0.2) is 0 Å². The molecule has 0 saturated carbocycles. The van der Waals surface area contributed by atoms with Gasteiger partial charge >= 0.3 is 0 Å². The summed E-state index contributed by atoms with van der Waals surface area (Å²) in [4.78, 5) is 5.24. The maximum atomic E-state index is 5.86. The fourth-order valence-corrected chi connectivity index (χ4v) is 3.61. The Labute approximate surface area is 122 Å². The number of nitrogens with zero attached hydrogens (tertiary/aromatic N) is 2. The minimum Gasteiger partial charge on any atom is -0.369 e. The van der Waals surface area contributed by atoms with Gasteiger partial charge in [0.05, 0.1) is 0 Å². The Hall–Kier alpha value is -1.06. The third-order valence-electron chi connectivity index (χ3n) is 4.70. The molecule has 0 radical (unpaired) electrons. The standard InChI is InChI=1S/C17H27N3/c1-14(18)12-15-5-7-16(8-6-15)20-11-10-19-9-3-2-4-17(19)13-20/h5-8,14,17H,2-4,9-13,18H2,1H3. The smallest absolute Gasteiger partial charge is 0.0367 e. The van der Waals surface area contributed by atoms with E-state index in [-0.39, 0.29) is 6.04 Å². The number of fused-ring (bicyclic) bond motifs is 1. The number of hydrogen-bond donors (Lipinski definition) is 1. The molecule has 0 aliphatic carbocycles. The van der Waals surface area contributed by atoms with Gasteiger partial charge in [0.1, 0.15) is 0 Å². The summed E-state index contributed by atoms with van der Waals surface area (Å²) >= 11 is 0. The molecule has 3 heteroatoms. The number of piperazine rings is 1. The zero-order valence-electron chi connectivity index (χ0n) is 12.6. The molecule has 110 valence electrons. The molecule has 3 rings (SSSR count). The van der Waals surface area contributed by atoms with Crippen LogP contribution >= 0.6 is 0 Å². The van der Waals surface area contributed by atoms with E-state index in [1.807, 2.05) is 0 Å². The van der Waals surface area contributed by atoms with E-state index in [1.165, 1.54) is 56.7 Å². The zero-order valence-corrected chi connectivity index (χ0v) is 12.6. The molecule has 20 heavy (non-hydrogen) atoms. The normalized spacial score (nSPS) is 25.3. The Kier molecular flexibility index (Phi) is 4.27. The molecule has 2 fully saturated rings. The summed E-state index contributed by atoms with van der Waals surface area (Å²) in [7, 11) is 0. The van der Waals surface area contributed by atoms with Crippen LogP contribution < -0.4 is 10.6 Å². The average Bonchev–Trinajstić information content (AvgIpc) is 2.47. The molecule has 0 amide bonds. The van der Waals surface area contributed by atoms with Gasteiger partial charge in [-0.05, 0) is 50.4 Å². The van der Waals surface area contributed by atoms with Gasteiger partial charge in [0.2, 0.25) is 0 Å². The molecule has 2 aliphatic heterocycles. The number of benzene rings is 1. The van der Waals surface area contributed by atoms with E-state index < -0.39 is 0 Å². The molecule has 2 heterocycles. The van der Waals surface area contributed by atoms with Crippen molar-refractivity contribution in [1.29, 1.82) is 0 Å². The molecule has 2 N–H and O–H groups in total. The van der Waals surface area contributed by atoms with Crippen LogP contribution in [0.25, 0.3) is 0 Å². The molecule has 1 aromatic carbocycles. The molecule has 2 atom stereocenters. The summed E-state index contributed by atoms with van der Waals surface area (Å²) in [6.07, 6.45) is 5.14. The molecule has 0 spiro atoms. The third-order valence-corrected chi connectivity index (χ3v) is 4.70. The fraction of sp³-hybridized carbons (Fsp3) is 0.647. The van der Waals surface area contributed by atoms with Crippen LogP contribution in [0.3, 0.4) is 0 Å². The van der Waals surface area contributed by atoms with Crippen molar-refractivity contribution in [2.24, 2.45) is 5.73 Å². The van der Waals surface area contributed by atoms with Gasteiger partial charge in [-0.1, -0.05) is 18.6 Å². The van der Waals surface area contributed by atoms with Crippen molar-refractivity contribution < 1.29 is 0 Å². The number of anilines is 1. The molecule has 2 unspecified atom stereocenters. The highest BCUT2D eigenvalue weighted by Crippen LogP contribution is 2.25.